The number of likely N-dealkylation sites (tertiary alicyclic amines) is 1. The van der Waals surface area contributed by atoms with Gasteiger partial charge in [-0.25, -0.2) is 14.5 Å². The zero-order valence-electron chi connectivity index (χ0n) is 17.5. The fourth-order valence-corrected chi connectivity index (χ4v) is 3.58. The van der Waals surface area contributed by atoms with Gasteiger partial charge in [-0.2, -0.15) is 0 Å². The van der Waals surface area contributed by atoms with E-state index in [4.69, 9.17) is 13.9 Å². The number of hydrogen-bond donors (Lipinski definition) is 0. The van der Waals surface area contributed by atoms with Crippen LogP contribution in [0.2, 0.25) is 18.1 Å². The van der Waals surface area contributed by atoms with Gasteiger partial charge in [-0.05, 0) is 45.8 Å². The van der Waals surface area contributed by atoms with Crippen molar-refractivity contribution in [2.45, 2.75) is 90.8 Å². The van der Waals surface area contributed by atoms with Crippen molar-refractivity contribution in [2.24, 2.45) is 0 Å². The Kier molecular flexibility index (Phi) is 6.68. The summed E-state index contributed by atoms with van der Waals surface area (Å²) in [6.45, 7) is 17.2. The summed E-state index contributed by atoms with van der Waals surface area (Å²) in [6, 6.07) is -1.02. The van der Waals surface area contributed by atoms with E-state index in [0.29, 0.717) is 0 Å². The van der Waals surface area contributed by atoms with Crippen molar-refractivity contribution in [3.05, 3.63) is 0 Å². The molecular formula is C18H33NO6Si. The molecule has 7 nitrogen and oxygen atoms in total. The first-order valence-electron chi connectivity index (χ1n) is 9.01. The van der Waals surface area contributed by atoms with Gasteiger partial charge < -0.3 is 13.9 Å². The Labute approximate surface area is 157 Å². The molecule has 0 spiro atoms. The Hall–Kier alpha value is -1.41. The van der Waals surface area contributed by atoms with E-state index in [1.165, 1.54) is 0 Å². The fourth-order valence-electron chi connectivity index (χ4n) is 2.32. The highest BCUT2D eigenvalue weighted by Crippen LogP contribution is 2.39. The lowest BCUT2D eigenvalue weighted by molar-refractivity contribution is -0.151. The molecule has 1 heterocycles. The molecule has 1 fully saturated rings. The number of carbonyl (C=O) groups is 3. The van der Waals surface area contributed by atoms with Gasteiger partial charge in [0.15, 0.2) is 8.32 Å². The second kappa shape index (κ2) is 7.68. The van der Waals surface area contributed by atoms with E-state index in [9.17, 15) is 14.4 Å². The molecule has 0 N–H and O–H groups in total. The molecule has 1 aliphatic rings. The average Bonchev–Trinajstić information content (AvgIpc) is 2.72. The van der Waals surface area contributed by atoms with Crippen molar-refractivity contribution >= 4 is 26.3 Å². The van der Waals surface area contributed by atoms with Gasteiger partial charge in [0.2, 0.25) is 0 Å². The molecule has 1 saturated heterocycles. The first kappa shape index (κ1) is 22.6. The lowest BCUT2D eigenvalue weighted by Gasteiger charge is -2.37. The van der Waals surface area contributed by atoms with Gasteiger partial charge >= 0.3 is 12.1 Å². The summed E-state index contributed by atoms with van der Waals surface area (Å²) in [5, 5.41) is -0.105. The molecule has 2 amide bonds. The first-order valence-corrected chi connectivity index (χ1v) is 11.9. The van der Waals surface area contributed by atoms with Crippen molar-refractivity contribution in [2.75, 3.05) is 6.61 Å². The second-order valence-corrected chi connectivity index (χ2v) is 13.8. The maximum Gasteiger partial charge on any atom is 0.417 e. The van der Waals surface area contributed by atoms with E-state index in [0.717, 1.165) is 4.90 Å². The number of ether oxygens (including phenoxy) is 2. The van der Waals surface area contributed by atoms with Gasteiger partial charge in [0.25, 0.3) is 5.91 Å². The standard InChI is InChI=1S/C18H33NO6Si/c1-10-23-15(21)12-11-13(25-26(8,9)18(5,6)7)14(20)19(12)16(22)24-17(2,3)4/h12-13H,10-11H2,1-9H3/t12-,13?/m0/s1. The summed E-state index contributed by atoms with van der Waals surface area (Å²) in [6.07, 6.45) is -1.61. The Morgan fingerprint density at radius 1 is 1.15 bits per heavy atom. The Morgan fingerprint density at radius 3 is 2.12 bits per heavy atom. The van der Waals surface area contributed by atoms with Gasteiger partial charge in [0, 0.05) is 6.42 Å². The molecule has 0 aromatic carbocycles. The van der Waals surface area contributed by atoms with Crippen molar-refractivity contribution in [1.29, 1.82) is 0 Å². The van der Waals surface area contributed by atoms with E-state index in [1.807, 2.05) is 13.1 Å². The third-order valence-corrected chi connectivity index (χ3v) is 9.14. The monoisotopic (exact) mass is 387 g/mol. The van der Waals surface area contributed by atoms with E-state index in [2.05, 4.69) is 20.8 Å². The molecule has 0 saturated carbocycles. The van der Waals surface area contributed by atoms with Gasteiger partial charge in [-0.3, -0.25) is 4.79 Å². The highest BCUT2D eigenvalue weighted by atomic mass is 28.4. The smallest absolute Gasteiger partial charge is 0.417 e. The minimum atomic E-state index is -2.26. The number of rotatable bonds is 4. The predicted octanol–water partition coefficient (Wildman–Crippen LogP) is 3.48. The molecule has 150 valence electrons. The lowest BCUT2D eigenvalue weighted by atomic mass is 10.2. The third kappa shape index (κ3) is 5.29. The van der Waals surface area contributed by atoms with Crippen LogP contribution < -0.4 is 0 Å². The van der Waals surface area contributed by atoms with Crippen molar-refractivity contribution < 1.29 is 28.3 Å². The van der Waals surface area contributed by atoms with Gasteiger partial charge in [0.05, 0.1) is 6.61 Å². The molecule has 0 aromatic rings. The SMILES string of the molecule is CCOC(=O)[C@@H]1CC(O[Si](C)(C)C(C)(C)C)C(=O)N1C(=O)OC(C)(C)C. The number of nitrogens with zero attached hydrogens (tertiary/aromatic N) is 1. The summed E-state index contributed by atoms with van der Waals surface area (Å²) >= 11 is 0. The van der Waals surface area contributed by atoms with E-state index < -0.39 is 44.0 Å². The topological polar surface area (TPSA) is 82.1 Å². The molecule has 2 atom stereocenters. The molecule has 0 aromatic heterocycles. The summed E-state index contributed by atoms with van der Waals surface area (Å²) in [5.41, 5.74) is -0.783. The minimum Gasteiger partial charge on any atom is -0.464 e. The van der Waals surface area contributed by atoms with Crippen molar-refractivity contribution in [1.82, 2.24) is 4.90 Å². The number of carbonyl (C=O) groups excluding carboxylic acids is 3. The molecular weight excluding hydrogens is 354 g/mol. The zero-order valence-corrected chi connectivity index (χ0v) is 18.5. The van der Waals surface area contributed by atoms with Crippen LogP contribution in [0, 0.1) is 0 Å². The fraction of sp³-hybridized carbons (Fsp3) is 0.833. The molecule has 1 rings (SSSR count). The molecule has 0 aliphatic carbocycles. The number of hydrogen-bond acceptors (Lipinski definition) is 6. The van der Waals surface area contributed by atoms with Gasteiger partial charge in [-0.1, -0.05) is 20.8 Å². The normalized spacial score (nSPS) is 21.7. The molecule has 0 radical (unpaired) electrons. The van der Waals surface area contributed by atoms with Crippen LogP contribution in [0.3, 0.4) is 0 Å². The summed E-state index contributed by atoms with van der Waals surface area (Å²) in [7, 11) is -2.26. The van der Waals surface area contributed by atoms with E-state index in [1.54, 1.807) is 27.7 Å². The van der Waals surface area contributed by atoms with Crippen LogP contribution in [0.25, 0.3) is 0 Å². The lowest BCUT2D eigenvalue weighted by Crippen LogP contribution is -2.48. The number of esters is 1. The van der Waals surface area contributed by atoms with Crippen LogP contribution in [0.4, 0.5) is 4.79 Å². The second-order valence-electron chi connectivity index (χ2n) is 9.06. The van der Waals surface area contributed by atoms with E-state index in [-0.39, 0.29) is 18.1 Å². The Balaban J connectivity index is 3.11. The zero-order chi connectivity index (χ0) is 20.5. The average molecular weight is 388 g/mol. The molecule has 26 heavy (non-hydrogen) atoms. The van der Waals surface area contributed by atoms with Crippen LogP contribution in [-0.4, -0.2) is 55.5 Å². The van der Waals surface area contributed by atoms with Crippen LogP contribution >= 0.6 is 0 Å². The predicted molar refractivity (Wildman–Crippen MR) is 100 cm³/mol. The van der Waals surface area contributed by atoms with Crippen LogP contribution in [-0.2, 0) is 23.5 Å². The van der Waals surface area contributed by atoms with Crippen molar-refractivity contribution in [3.63, 3.8) is 0 Å². The molecule has 1 aliphatic heterocycles. The van der Waals surface area contributed by atoms with Crippen LogP contribution in [0.1, 0.15) is 54.9 Å². The van der Waals surface area contributed by atoms with Crippen LogP contribution in [0.5, 0.6) is 0 Å². The highest BCUT2D eigenvalue weighted by molar-refractivity contribution is 6.74. The maximum absolute atomic E-state index is 12.9. The molecule has 1 unspecified atom stereocenters. The summed E-state index contributed by atoms with van der Waals surface area (Å²) in [4.78, 5) is 38.6. The Morgan fingerprint density at radius 2 is 1.69 bits per heavy atom. The van der Waals surface area contributed by atoms with Gasteiger partial charge in [-0.15, -0.1) is 0 Å². The maximum atomic E-state index is 12.9. The number of imide groups is 1. The highest BCUT2D eigenvalue weighted by Gasteiger charge is 2.52. The van der Waals surface area contributed by atoms with Crippen LogP contribution in [0.15, 0.2) is 0 Å². The molecule has 8 heteroatoms. The van der Waals surface area contributed by atoms with Crippen molar-refractivity contribution in [3.8, 4) is 0 Å². The summed E-state index contributed by atoms with van der Waals surface area (Å²) < 4.78 is 16.5. The number of amides is 2. The third-order valence-electron chi connectivity index (χ3n) is 4.65. The Bertz CT molecular complexity index is 561. The summed E-state index contributed by atoms with van der Waals surface area (Å²) in [5.74, 6) is -1.16. The minimum absolute atomic E-state index is 0.0867. The first-order chi connectivity index (χ1) is 11.6. The quantitative estimate of drug-likeness (QED) is 0.542. The van der Waals surface area contributed by atoms with E-state index >= 15 is 0 Å². The largest absolute Gasteiger partial charge is 0.464 e. The molecule has 0 bridgehead atoms. The van der Waals surface area contributed by atoms with Gasteiger partial charge in [0.1, 0.15) is 17.7 Å².